The Morgan fingerprint density at radius 3 is 2.48 bits per heavy atom. The van der Waals surface area contributed by atoms with Gasteiger partial charge in [0.25, 0.3) is 0 Å². The number of benzene rings is 1. The van der Waals surface area contributed by atoms with Crippen molar-refractivity contribution in [1.29, 1.82) is 0 Å². The van der Waals surface area contributed by atoms with Gasteiger partial charge in [-0.15, -0.1) is 0 Å². The molecule has 2 fully saturated rings. The van der Waals surface area contributed by atoms with Gasteiger partial charge in [-0.2, -0.15) is 0 Å². The Morgan fingerprint density at radius 1 is 1.12 bits per heavy atom. The molecular weight excluding hydrogens is 327 g/mol. The third-order valence-electron chi connectivity index (χ3n) is 4.75. The van der Waals surface area contributed by atoms with Crippen LogP contribution in [-0.4, -0.2) is 83.6 Å². The van der Waals surface area contributed by atoms with E-state index in [1.54, 1.807) is 23.1 Å². The largest absolute Gasteiger partial charge is 0.389 e. The number of hydrogen-bond donors (Lipinski definition) is 2. The van der Waals surface area contributed by atoms with Crippen molar-refractivity contribution in [3.8, 4) is 0 Å². The van der Waals surface area contributed by atoms with E-state index in [1.807, 2.05) is 0 Å². The van der Waals surface area contributed by atoms with Crippen molar-refractivity contribution in [3.63, 3.8) is 0 Å². The van der Waals surface area contributed by atoms with Gasteiger partial charge < -0.3 is 19.8 Å². The van der Waals surface area contributed by atoms with E-state index in [2.05, 4.69) is 4.90 Å². The van der Waals surface area contributed by atoms with Crippen molar-refractivity contribution in [2.75, 3.05) is 39.4 Å². The van der Waals surface area contributed by atoms with E-state index in [0.717, 1.165) is 5.56 Å². The summed E-state index contributed by atoms with van der Waals surface area (Å²) in [6.45, 7) is 2.88. The standard InChI is InChI=1S/C18H23FN2O4/c19-14-4-1-13(2-5-14)3-6-17(23)21-9-7-20(8-10-21)15-11-25-12-16(22)18(15)24/h1-6,15-16,18,22,24H,7-12H2/b6-3+/t15-,16-,18+/m1/s1. The van der Waals surface area contributed by atoms with Gasteiger partial charge >= 0.3 is 0 Å². The van der Waals surface area contributed by atoms with Crippen molar-refractivity contribution in [2.45, 2.75) is 18.2 Å². The van der Waals surface area contributed by atoms with Crippen LogP contribution >= 0.6 is 0 Å². The van der Waals surface area contributed by atoms with Gasteiger partial charge in [0.05, 0.1) is 25.4 Å². The van der Waals surface area contributed by atoms with E-state index in [-0.39, 0.29) is 24.4 Å². The highest BCUT2D eigenvalue weighted by Crippen LogP contribution is 2.17. The molecule has 6 nitrogen and oxygen atoms in total. The molecule has 1 amide bonds. The maximum absolute atomic E-state index is 12.9. The first kappa shape index (κ1) is 18.0. The quantitative estimate of drug-likeness (QED) is 0.757. The minimum absolute atomic E-state index is 0.0931. The molecule has 0 radical (unpaired) electrons. The molecule has 1 aromatic rings. The number of rotatable bonds is 3. The molecule has 0 saturated carbocycles. The van der Waals surface area contributed by atoms with Gasteiger partial charge in [-0.3, -0.25) is 9.69 Å². The van der Waals surface area contributed by atoms with Gasteiger partial charge in [0.2, 0.25) is 5.91 Å². The molecule has 0 aromatic heterocycles. The third kappa shape index (κ3) is 4.43. The molecule has 7 heteroatoms. The second-order valence-electron chi connectivity index (χ2n) is 6.41. The summed E-state index contributed by atoms with van der Waals surface area (Å²) >= 11 is 0. The molecule has 2 heterocycles. The van der Waals surface area contributed by atoms with Gasteiger partial charge in [0.1, 0.15) is 11.9 Å². The lowest BCUT2D eigenvalue weighted by Gasteiger charge is -2.43. The zero-order valence-corrected chi connectivity index (χ0v) is 13.9. The molecule has 0 aliphatic carbocycles. The highest BCUT2D eigenvalue weighted by Gasteiger charge is 2.36. The first-order valence-electron chi connectivity index (χ1n) is 8.45. The fourth-order valence-corrected chi connectivity index (χ4v) is 3.21. The summed E-state index contributed by atoms with van der Waals surface area (Å²) in [6, 6.07) is 5.71. The van der Waals surface area contributed by atoms with E-state index in [1.165, 1.54) is 18.2 Å². The summed E-state index contributed by atoms with van der Waals surface area (Å²) in [6.07, 6.45) is 1.47. The Hall–Kier alpha value is -1.80. The number of ether oxygens (including phenoxy) is 1. The summed E-state index contributed by atoms with van der Waals surface area (Å²) in [5, 5.41) is 19.8. The van der Waals surface area contributed by atoms with Crippen LogP contribution in [0, 0.1) is 5.82 Å². The Balaban J connectivity index is 1.51. The van der Waals surface area contributed by atoms with E-state index in [9.17, 15) is 19.4 Å². The minimum atomic E-state index is -0.864. The highest BCUT2D eigenvalue weighted by atomic mass is 19.1. The van der Waals surface area contributed by atoms with Crippen LogP contribution in [-0.2, 0) is 9.53 Å². The van der Waals surface area contributed by atoms with Gasteiger partial charge in [0.15, 0.2) is 0 Å². The lowest BCUT2D eigenvalue weighted by Crippen LogP contribution is -2.60. The Morgan fingerprint density at radius 2 is 1.80 bits per heavy atom. The first-order valence-corrected chi connectivity index (χ1v) is 8.45. The normalized spacial score (nSPS) is 28.4. The van der Waals surface area contributed by atoms with Crippen LogP contribution in [0.4, 0.5) is 4.39 Å². The lowest BCUT2D eigenvalue weighted by molar-refractivity contribution is -0.142. The second kappa shape index (κ2) is 8.05. The monoisotopic (exact) mass is 350 g/mol. The summed E-state index contributed by atoms with van der Waals surface area (Å²) in [7, 11) is 0. The molecule has 3 rings (SSSR count). The predicted molar refractivity (Wildman–Crippen MR) is 90.2 cm³/mol. The SMILES string of the molecule is O=C(/C=C/c1ccc(F)cc1)N1CCN([C@@H]2COC[C@@H](O)[C@H]2O)CC1. The van der Waals surface area contributed by atoms with Gasteiger partial charge in [-0.05, 0) is 23.8 Å². The second-order valence-corrected chi connectivity index (χ2v) is 6.41. The molecule has 0 bridgehead atoms. The van der Waals surface area contributed by atoms with Crippen LogP contribution in [0.15, 0.2) is 30.3 Å². The molecule has 3 atom stereocenters. The van der Waals surface area contributed by atoms with Crippen molar-refractivity contribution in [2.24, 2.45) is 0 Å². The van der Waals surface area contributed by atoms with Crippen molar-refractivity contribution in [3.05, 3.63) is 41.7 Å². The van der Waals surface area contributed by atoms with Crippen LogP contribution in [0.25, 0.3) is 6.08 Å². The number of nitrogens with zero attached hydrogens (tertiary/aromatic N) is 2. The van der Waals surface area contributed by atoms with Gasteiger partial charge in [0, 0.05) is 32.3 Å². The lowest BCUT2D eigenvalue weighted by atomic mass is 10.0. The predicted octanol–water partition coefficient (Wildman–Crippen LogP) is 0.104. The van der Waals surface area contributed by atoms with Crippen LogP contribution in [0.5, 0.6) is 0 Å². The van der Waals surface area contributed by atoms with E-state index in [0.29, 0.717) is 32.8 Å². The van der Waals surface area contributed by atoms with Gasteiger partial charge in [-0.1, -0.05) is 12.1 Å². The molecule has 25 heavy (non-hydrogen) atoms. The van der Waals surface area contributed by atoms with E-state index in [4.69, 9.17) is 4.74 Å². The molecule has 1 aromatic carbocycles. The molecule has 136 valence electrons. The summed E-state index contributed by atoms with van der Waals surface area (Å²) < 4.78 is 18.2. The summed E-state index contributed by atoms with van der Waals surface area (Å²) in [5.41, 5.74) is 0.768. The number of halogens is 1. The minimum Gasteiger partial charge on any atom is -0.389 e. The Bertz CT molecular complexity index is 614. The van der Waals surface area contributed by atoms with Crippen LogP contribution in [0.3, 0.4) is 0 Å². The number of hydrogen-bond acceptors (Lipinski definition) is 5. The first-order chi connectivity index (χ1) is 12.0. The molecule has 2 saturated heterocycles. The number of aliphatic hydroxyl groups is 2. The van der Waals surface area contributed by atoms with Crippen molar-refractivity contribution < 1.29 is 24.1 Å². The molecule has 2 aliphatic heterocycles. The topological polar surface area (TPSA) is 73.2 Å². The van der Waals surface area contributed by atoms with Crippen LogP contribution in [0.1, 0.15) is 5.56 Å². The average Bonchev–Trinajstić information content (AvgIpc) is 2.63. The molecule has 0 unspecified atom stereocenters. The number of amides is 1. The van der Waals surface area contributed by atoms with Crippen molar-refractivity contribution >= 4 is 12.0 Å². The molecule has 2 N–H and O–H groups in total. The maximum Gasteiger partial charge on any atom is 0.246 e. The van der Waals surface area contributed by atoms with Crippen molar-refractivity contribution in [1.82, 2.24) is 9.80 Å². The summed E-state index contributed by atoms with van der Waals surface area (Å²) in [4.78, 5) is 16.1. The smallest absolute Gasteiger partial charge is 0.246 e. The third-order valence-corrected chi connectivity index (χ3v) is 4.75. The highest BCUT2D eigenvalue weighted by molar-refractivity contribution is 5.91. The van der Waals surface area contributed by atoms with Crippen LogP contribution in [0.2, 0.25) is 0 Å². The molecule has 2 aliphatic rings. The fraction of sp³-hybridized carbons (Fsp3) is 0.500. The number of piperazine rings is 1. The zero-order chi connectivity index (χ0) is 17.8. The maximum atomic E-state index is 12.9. The molecule has 0 spiro atoms. The molecular formula is C18H23FN2O4. The number of carbonyl (C=O) groups excluding carboxylic acids is 1. The van der Waals surface area contributed by atoms with E-state index < -0.39 is 12.2 Å². The Labute approximate surface area is 146 Å². The van der Waals surface area contributed by atoms with Gasteiger partial charge in [-0.25, -0.2) is 4.39 Å². The number of aliphatic hydroxyl groups excluding tert-OH is 2. The fourth-order valence-electron chi connectivity index (χ4n) is 3.21. The van der Waals surface area contributed by atoms with Crippen LogP contribution < -0.4 is 0 Å². The average molecular weight is 350 g/mol. The number of carbonyl (C=O) groups is 1. The summed E-state index contributed by atoms with van der Waals surface area (Å²) in [5.74, 6) is -0.400. The Kier molecular flexibility index (Phi) is 5.80. The van der Waals surface area contributed by atoms with E-state index >= 15 is 0 Å². The zero-order valence-electron chi connectivity index (χ0n) is 13.9.